The van der Waals surface area contributed by atoms with Crippen molar-refractivity contribution < 1.29 is 22.6 Å². The summed E-state index contributed by atoms with van der Waals surface area (Å²) in [6, 6.07) is 10.8. The van der Waals surface area contributed by atoms with Crippen LogP contribution in [-0.4, -0.2) is 47.1 Å². The molecule has 2 atom stereocenters. The minimum Gasteiger partial charge on any atom is -0.435 e. The minimum absolute atomic E-state index is 0.0291. The first-order chi connectivity index (χ1) is 15.4. The van der Waals surface area contributed by atoms with Crippen molar-refractivity contribution >= 4 is 17.5 Å². The van der Waals surface area contributed by atoms with Crippen molar-refractivity contribution in [2.45, 2.75) is 32.7 Å². The Labute approximate surface area is 183 Å². The van der Waals surface area contributed by atoms with Gasteiger partial charge in [0, 0.05) is 18.7 Å². The van der Waals surface area contributed by atoms with Gasteiger partial charge in [-0.1, -0.05) is 12.1 Å². The van der Waals surface area contributed by atoms with E-state index in [1.54, 1.807) is 24.3 Å². The Kier molecular flexibility index (Phi) is 6.40. The highest BCUT2D eigenvalue weighted by molar-refractivity contribution is 5.68. The molecule has 7 nitrogen and oxygen atoms in total. The molecule has 1 aromatic carbocycles. The summed E-state index contributed by atoms with van der Waals surface area (Å²) in [7, 11) is 0. The summed E-state index contributed by atoms with van der Waals surface area (Å²) in [5.74, 6) is 0.487. The quantitative estimate of drug-likeness (QED) is 0.593. The normalized spacial score (nSPS) is 18.6. The van der Waals surface area contributed by atoms with Gasteiger partial charge >= 0.3 is 6.61 Å². The van der Waals surface area contributed by atoms with Crippen molar-refractivity contribution in [2.75, 3.05) is 23.3 Å². The molecule has 0 spiro atoms. The fourth-order valence-corrected chi connectivity index (χ4v) is 3.60. The summed E-state index contributed by atoms with van der Waals surface area (Å²) in [6.07, 6.45) is 1.61. The van der Waals surface area contributed by atoms with E-state index in [2.05, 4.69) is 30.1 Å². The second-order valence-corrected chi connectivity index (χ2v) is 7.52. The molecule has 0 bridgehead atoms. The molecular formula is C22H22F3N5O2. The number of halogens is 3. The summed E-state index contributed by atoms with van der Waals surface area (Å²) in [4.78, 5) is 6.48. The summed E-state index contributed by atoms with van der Waals surface area (Å²) in [5, 5.41) is 10.8. The number of rotatable bonds is 6. The lowest BCUT2D eigenvalue weighted by atomic mass is 10.1. The Morgan fingerprint density at radius 2 is 1.78 bits per heavy atom. The number of benzene rings is 1. The van der Waals surface area contributed by atoms with Gasteiger partial charge in [-0.2, -0.15) is 13.9 Å². The molecule has 1 N–H and O–H groups in total. The van der Waals surface area contributed by atoms with Crippen LogP contribution in [0.2, 0.25) is 0 Å². The Morgan fingerprint density at radius 3 is 2.47 bits per heavy atom. The Balaban J connectivity index is 1.53. The van der Waals surface area contributed by atoms with E-state index in [0.29, 0.717) is 35.9 Å². The van der Waals surface area contributed by atoms with E-state index in [1.807, 2.05) is 13.8 Å². The van der Waals surface area contributed by atoms with Crippen molar-refractivity contribution in [1.29, 1.82) is 0 Å². The standard InChI is InChI=1S/C22H22F3N5O2/c1-13-11-30(12-14(2)31-13)20-8-7-18(23)21(28-20)27-19-9-16(10-26-29-19)15-3-5-17(6-4-15)32-22(24)25/h3-10,13-14,22H,11-12H2,1-2H3,(H,27,28,29). The number of aromatic nitrogens is 3. The van der Waals surface area contributed by atoms with Crippen LogP contribution >= 0.6 is 0 Å². The molecule has 0 radical (unpaired) electrons. The zero-order valence-electron chi connectivity index (χ0n) is 17.5. The number of pyridine rings is 1. The van der Waals surface area contributed by atoms with Crippen LogP contribution in [0.3, 0.4) is 0 Å². The van der Waals surface area contributed by atoms with E-state index in [4.69, 9.17) is 4.74 Å². The first kappa shape index (κ1) is 21.8. The van der Waals surface area contributed by atoms with E-state index in [-0.39, 0.29) is 23.8 Å². The van der Waals surface area contributed by atoms with Crippen LogP contribution in [0.25, 0.3) is 11.1 Å². The number of hydrogen-bond acceptors (Lipinski definition) is 7. The molecule has 3 aromatic rings. The maximum atomic E-state index is 14.5. The first-order valence-electron chi connectivity index (χ1n) is 10.1. The lowest BCUT2D eigenvalue weighted by Crippen LogP contribution is -2.45. The molecule has 0 aliphatic carbocycles. The van der Waals surface area contributed by atoms with Crippen molar-refractivity contribution in [2.24, 2.45) is 0 Å². The molecule has 1 fully saturated rings. The molecule has 168 valence electrons. The van der Waals surface area contributed by atoms with Crippen LogP contribution in [-0.2, 0) is 4.74 Å². The Morgan fingerprint density at radius 1 is 1.06 bits per heavy atom. The second kappa shape index (κ2) is 9.39. The topological polar surface area (TPSA) is 72.4 Å². The third-order valence-electron chi connectivity index (χ3n) is 4.89. The highest BCUT2D eigenvalue weighted by atomic mass is 19.3. The number of hydrogen-bond donors (Lipinski definition) is 1. The average molecular weight is 445 g/mol. The van der Waals surface area contributed by atoms with Gasteiger partial charge in [0.1, 0.15) is 11.6 Å². The molecular weight excluding hydrogens is 423 g/mol. The average Bonchev–Trinajstić information content (AvgIpc) is 2.75. The number of anilines is 3. The van der Waals surface area contributed by atoms with Crippen LogP contribution in [0.4, 0.5) is 30.6 Å². The van der Waals surface area contributed by atoms with E-state index in [1.165, 1.54) is 24.4 Å². The summed E-state index contributed by atoms with van der Waals surface area (Å²) >= 11 is 0. The van der Waals surface area contributed by atoms with Gasteiger partial charge in [-0.15, -0.1) is 5.10 Å². The molecule has 2 aromatic heterocycles. The van der Waals surface area contributed by atoms with Gasteiger partial charge in [0.05, 0.1) is 18.4 Å². The lowest BCUT2D eigenvalue weighted by molar-refractivity contribution is -0.0498. The molecule has 1 saturated heterocycles. The molecule has 10 heteroatoms. The third kappa shape index (κ3) is 5.25. The van der Waals surface area contributed by atoms with E-state index >= 15 is 0 Å². The van der Waals surface area contributed by atoms with Crippen molar-refractivity contribution in [1.82, 2.24) is 15.2 Å². The number of morpholine rings is 1. The van der Waals surface area contributed by atoms with E-state index in [0.717, 1.165) is 0 Å². The SMILES string of the molecule is CC1CN(c2ccc(F)c(Nc3cc(-c4ccc(OC(F)F)cc4)cnn3)n2)CC(C)O1. The van der Waals surface area contributed by atoms with Crippen LogP contribution in [0, 0.1) is 5.82 Å². The summed E-state index contributed by atoms with van der Waals surface area (Å²) in [5.41, 5.74) is 1.38. The monoisotopic (exact) mass is 445 g/mol. The maximum Gasteiger partial charge on any atom is 0.387 e. The minimum atomic E-state index is -2.89. The number of ether oxygens (including phenoxy) is 2. The number of alkyl halides is 2. The third-order valence-corrected chi connectivity index (χ3v) is 4.89. The summed E-state index contributed by atoms with van der Waals surface area (Å²) < 4.78 is 49.2. The van der Waals surface area contributed by atoms with E-state index in [9.17, 15) is 13.2 Å². The zero-order valence-corrected chi connectivity index (χ0v) is 17.5. The molecule has 32 heavy (non-hydrogen) atoms. The highest BCUT2D eigenvalue weighted by Gasteiger charge is 2.24. The smallest absolute Gasteiger partial charge is 0.387 e. The van der Waals surface area contributed by atoms with Crippen molar-refractivity contribution in [3.8, 4) is 16.9 Å². The van der Waals surface area contributed by atoms with Crippen LogP contribution in [0.15, 0.2) is 48.7 Å². The Bertz CT molecular complexity index is 1060. The maximum absolute atomic E-state index is 14.5. The predicted octanol–water partition coefficient (Wildman–Crippen LogP) is 4.64. The largest absolute Gasteiger partial charge is 0.435 e. The van der Waals surface area contributed by atoms with Gasteiger partial charge in [0.15, 0.2) is 17.5 Å². The first-order valence-corrected chi connectivity index (χ1v) is 10.1. The highest BCUT2D eigenvalue weighted by Crippen LogP contribution is 2.27. The fraction of sp³-hybridized carbons (Fsp3) is 0.318. The van der Waals surface area contributed by atoms with E-state index < -0.39 is 12.4 Å². The van der Waals surface area contributed by atoms with Crippen LogP contribution in [0.1, 0.15) is 13.8 Å². The van der Waals surface area contributed by atoms with Gasteiger partial charge in [-0.05, 0) is 49.7 Å². The van der Waals surface area contributed by atoms with Gasteiger partial charge in [-0.25, -0.2) is 9.37 Å². The molecule has 3 heterocycles. The molecule has 1 aliphatic heterocycles. The van der Waals surface area contributed by atoms with Gasteiger partial charge in [0.2, 0.25) is 0 Å². The summed E-state index contributed by atoms with van der Waals surface area (Å²) in [6.45, 7) is 2.39. The number of nitrogens with zero attached hydrogens (tertiary/aromatic N) is 4. The van der Waals surface area contributed by atoms with Crippen LogP contribution < -0.4 is 15.0 Å². The molecule has 4 rings (SSSR count). The Hall–Kier alpha value is -3.40. The fourth-order valence-electron chi connectivity index (χ4n) is 3.60. The van der Waals surface area contributed by atoms with Crippen molar-refractivity contribution in [3.05, 3.63) is 54.5 Å². The van der Waals surface area contributed by atoms with Gasteiger partial charge < -0.3 is 19.7 Å². The molecule has 0 amide bonds. The number of nitrogens with one attached hydrogen (secondary N) is 1. The molecule has 0 saturated carbocycles. The van der Waals surface area contributed by atoms with Crippen LogP contribution in [0.5, 0.6) is 5.75 Å². The van der Waals surface area contributed by atoms with Gasteiger partial charge in [0.25, 0.3) is 0 Å². The predicted molar refractivity (Wildman–Crippen MR) is 114 cm³/mol. The molecule has 1 aliphatic rings. The zero-order chi connectivity index (χ0) is 22.7. The van der Waals surface area contributed by atoms with Crippen molar-refractivity contribution in [3.63, 3.8) is 0 Å². The van der Waals surface area contributed by atoms with Gasteiger partial charge in [-0.3, -0.25) is 0 Å². The second-order valence-electron chi connectivity index (χ2n) is 7.52. The lowest BCUT2D eigenvalue weighted by Gasteiger charge is -2.36. The molecule has 2 unspecified atom stereocenters.